The molecule has 4 N–H and O–H groups in total. The summed E-state index contributed by atoms with van der Waals surface area (Å²) in [7, 11) is 1.89. The molecule has 0 unspecified atom stereocenters. The number of H-pyrrole nitrogens is 2. The molecule has 5 aromatic rings. The summed E-state index contributed by atoms with van der Waals surface area (Å²) in [6.45, 7) is 1.75. The SMILES string of the molecule is CNc1ccnc(-c2nc3ccc(-c4nc5ccc(N6CCC(O)CC6)cc5[nH]4)cc3[nH]2)c1. The zero-order valence-corrected chi connectivity index (χ0v) is 18.3. The molecule has 0 atom stereocenters. The van der Waals surface area contributed by atoms with Crippen molar-refractivity contribution >= 4 is 33.4 Å². The number of piperidine rings is 1. The molecule has 0 radical (unpaired) electrons. The zero-order chi connectivity index (χ0) is 22.4. The van der Waals surface area contributed by atoms with Gasteiger partial charge in [0.15, 0.2) is 5.82 Å². The van der Waals surface area contributed by atoms with E-state index in [1.807, 2.05) is 31.3 Å². The van der Waals surface area contributed by atoms with Gasteiger partial charge >= 0.3 is 0 Å². The Morgan fingerprint density at radius 2 is 1.64 bits per heavy atom. The number of aliphatic hydroxyl groups excluding tert-OH is 1. The molecule has 1 saturated heterocycles. The maximum absolute atomic E-state index is 9.78. The van der Waals surface area contributed by atoms with Crippen LogP contribution in [-0.4, -0.2) is 56.3 Å². The number of benzene rings is 2. The Hall–Kier alpha value is -3.91. The van der Waals surface area contributed by atoms with E-state index in [0.29, 0.717) is 0 Å². The molecule has 33 heavy (non-hydrogen) atoms. The number of nitrogens with one attached hydrogen (secondary N) is 3. The second-order valence-electron chi connectivity index (χ2n) is 8.50. The monoisotopic (exact) mass is 439 g/mol. The number of nitrogens with zero attached hydrogens (tertiary/aromatic N) is 4. The predicted molar refractivity (Wildman–Crippen MR) is 131 cm³/mol. The maximum atomic E-state index is 9.78. The number of imidazole rings is 2. The van der Waals surface area contributed by atoms with E-state index < -0.39 is 0 Å². The summed E-state index contributed by atoms with van der Waals surface area (Å²) in [6.07, 6.45) is 3.22. The first kappa shape index (κ1) is 19.8. The van der Waals surface area contributed by atoms with Gasteiger partial charge in [0.05, 0.1) is 28.2 Å². The number of aromatic nitrogens is 5. The van der Waals surface area contributed by atoms with E-state index in [2.05, 4.69) is 49.4 Å². The fourth-order valence-corrected chi connectivity index (χ4v) is 4.45. The van der Waals surface area contributed by atoms with E-state index in [-0.39, 0.29) is 6.10 Å². The lowest BCUT2D eigenvalue weighted by Crippen LogP contribution is -2.35. The predicted octanol–water partition coefficient (Wildman–Crippen LogP) is 4.17. The maximum Gasteiger partial charge on any atom is 0.157 e. The summed E-state index contributed by atoms with van der Waals surface area (Å²) in [5.41, 5.74) is 7.70. The smallest absolute Gasteiger partial charge is 0.157 e. The van der Waals surface area contributed by atoms with Gasteiger partial charge in [-0.25, -0.2) is 9.97 Å². The molecule has 4 heterocycles. The lowest BCUT2D eigenvalue weighted by atomic mass is 10.1. The number of hydrogen-bond acceptors (Lipinski definition) is 6. The van der Waals surface area contributed by atoms with Gasteiger partial charge in [-0.3, -0.25) is 4.98 Å². The van der Waals surface area contributed by atoms with Crippen molar-refractivity contribution < 1.29 is 5.11 Å². The van der Waals surface area contributed by atoms with E-state index in [0.717, 1.165) is 82.3 Å². The van der Waals surface area contributed by atoms with Crippen molar-refractivity contribution in [1.82, 2.24) is 24.9 Å². The highest BCUT2D eigenvalue weighted by Crippen LogP contribution is 2.29. The number of rotatable bonds is 4. The highest BCUT2D eigenvalue weighted by molar-refractivity contribution is 5.87. The van der Waals surface area contributed by atoms with Crippen LogP contribution >= 0.6 is 0 Å². The molecule has 166 valence electrons. The van der Waals surface area contributed by atoms with Crippen LogP contribution in [0.3, 0.4) is 0 Å². The van der Waals surface area contributed by atoms with Gasteiger partial charge in [-0.15, -0.1) is 0 Å². The van der Waals surface area contributed by atoms with Crippen molar-refractivity contribution in [3.63, 3.8) is 0 Å². The van der Waals surface area contributed by atoms with Crippen LogP contribution in [-0.2, 0) is 0 Å². The van der Waals surface area contributed by atoms with Crippen molar-refractivity contribution in [2.45, 2.75) is 18.9 Å². The number of aliphatic hydroxyl groups is 1. The van der Waals surface area contributed by atoms with Crippen LogP contribution in [0, 0.1) is 0 Å². The van der Waals surface area contributed by atoms with E-state index >= 15 is 0 Å². The highest BCUT2D eigenvalue weighted by Gasteiger charge is 2.18. The summed E-state index contributed by atoms with van der Waals surface area (Å²) >= 11 is 0. The molecule has 8 heteroatoms. The molecule has 1 fully saturated rings. The van der Waals surface area contributed by atoms with Crippen LogP contribution < -0.4 is 10.2 Å². The van der Waals surface area contributed by atoms with Crippen molar-refractivity contribution in [2.24, 2.45) is 0 Å². The summed E-state index contributed by atoms with van der Waals surface area (Å²) in [4.78, 5) is 23.1. The first-order chi connectivity index (χ1) is 16.2. The molecule has 8 nitrogen and oxygen atoms in total. The fourth-order valence-electron chi connectivity index (χ4n) is 4.45. The van der Waals surface area contributed by atoms with Crippen LogP contribution in [0.2, 0.25) is 0 Å². The molecule has 3 aromatic heterocycles. The Balaban J connectivity index is 1.32. The molecule has 2 aromatic carbocycles. The highest BCUT2D eigenvalue weighted by atomic mass is 16.3. The number of aromatic amines is 2. The van der Waals surface area contributed by atoms with Gasteiger partial charge in [-0.05, 0) is 61.4 Å². The number of fused-ring (bicyclic) bond motifs is 2. The third-order valence-electron chi connectivity index (χ3n) is 6.34. The molecule has 1 aliphatic heterocycles. The number of hydrogen-bond donors (Lipinski definition) is 4. The van der Waals surface area contributed by atoms with Gasteiger partial charge in [-0.1, -0.05) is 0 Å². The second-order valence-corrected chi connectivity index (χ2v) is 8.50. The summed E-state index contributed by atoms with van der Waals surface area (Å²) in [5, 5.41) is 12.9. The molecular formula is C25H25N7O. The van der Waals surface area contributed by atoms with Crippen LogP contribution in [0.5, 0.6) is 0 Å². The van der Waals surface area contributed by atoms with Crippen molar-refractivity contribution in [1.29, 1.82) is 0 Å². The van der Waals surface area contributed by atoms with Gasteiger partial charge in [0, 0.05) is 43.3 Å². The van der Waals surface area contributed by atoms with E-state index in [4.69, 9.17) is 9.97 Å². The lowest BCUT2D eigenvalue weighted by molar-refractivity contribution is 0.145. The Bertz CT molecular complexity index is 1450. The first-order valence-electron chi connectivity index (χ1n) is 11.2. The number of anilines is 2. The van der Waals surface area contributed by atoms with E-state index in [9.17, 15) is 5.11 Å². The molecule has 0 saturated carbocycles. The third-order valence-corrected chi connectivity index (χ3v) is 6.34. The van der Waals surface area contributed by atoms with Gasteiger partial charge < -0.3 is 25.3 Å². The minimum atomic E-state index is -0.176. The molecule has 0 amide bonds. The van der Waals surface area contributed by atoms with E-state index in [1.54, 1.807) is 6.20 Å². The molecule has 1 aliphatic rings. The fraction of sp³-hybridized carbons (Fsp3) is 0.240. The average molecular weight is 440 g/mol. The summed E-state index contributed by atoms with van der Waals surface area (Å²) in [6, 6.07) is 16.3. The van der Waals surface area contributed by atoms with Crippen molar-refractivity contribution in [2.75, 3.05) is 30.4 Å². The van der Waals surface area contributed by atoms with Crippen LogP contribution in [0.1, 0.15) is 12.8 Å². The minimum absolute atomic E-state index is 0.176. The number of pyridine rings is 1. The second kappa shape index (κ2) is 7.90. The van der Waals surface area contributed by atoms with Crippen LogP contribution in [0.4, 0.5) is 11.4 Å². The first-order valence-corrected chi connectivity index (χ1v) is 11.2. The Labute approximate surface area is 190 Å². The van der Waals surface area contributed by atoms with Crippen LogP contribution in [0.15, 0.2) is 54.7 Å². The molecular weight excluding hydrogens is 414 g/mol. The third kappa shape index (κ3) is 3.68. The van der Waals surface area contributed by atoms with Gasteiger partial charge in [0.1, 0.15) is 11.5 Å². The molecule has 0 bridgehead atoms. The van der Waals surface area contributed by atoms with Crippen molar-refractivity contribution in [3.8, 4) is 22.9 Å². The lowest BCUT2D eigenvalue weighted by Gasteiger charge is -2.31. The van der Waals surface area contributed by atoms with E-state index in [1.165, 1.54) is 0 Å². The summed E-state index contributed by atoms with van der Waals surface area (Å²) in [5.74, 6) is 1.56. The molecule has 6 rings (SSSR count). The summed E-state index contributed by atoms with van der Waals surface area (Å²) < 4.78 is 0. The minimum Gasteiger partial charge on any atom is -0.393 e. The van der Waals surface area contributed by atoms with Crippen molar-refractivity contribution in [3.05, 3.63) is 54.7 Å². The quantitative estimate of drug-likeness (QED) is 0.335. The normalized spacial score (nSPS) is 14.9. The standard InChI is InChI=1S/C25H25N7O/c1-26-16-6-9-27-23(13-16)25-29-19-4-2-15(12-21(19)31-25)24-28-20-5-3-17(14-22(20)30-24)32-10-7-18(33)8-11-32/h2-6,9,12-14,18,33H,7-8,10-11H2,1H3,(H,26,27)(H,28,30)(H,29,31). The zero-order valence-electron chi connectivity index (χ0n) is 18.3. The molecule has 0 aliphatic carbocycles. The van der Waals surface area contributed by atoms with Gasteiger partial charge in [-0.2, -0.15) is 0 Å². The van der Waals surface area contributed by atoms with Gasteiger partial charge in [0.2, 0.25) is 0 Å². The van der Waals surface area contributed by atoms with Crippen LogP contribution in [0.25, 0.3) is 45.0 Å². The Morgan fingerprint density at radius 1 is 0.909 bits per heavy atom. The topological polar surface area (TPSA) is 106 Å². The van der Waals surface area contributed by atoms with Gasteiger partial charge in [0.25, 0.3) is 0 Å². The average Bonchev–Trinajstić information content (AvgIpc) is 3.48. The largest absolute Gasteiger partial charge is 0.393 e. The molecule has 0 spiro atoms. The Morgan fingerprint density at radius 3 is 2.45 bits per heavy atom. The Kier molecular flexibility index (Phi) is 4.73.